The zero-order valence-corrected chi connectivity index (χ0v) is 14.5. The predicted octanol–water partition coefficient (Wildman–Crippen LogP) is 5.29. The molecule has 0 spiro atoms. The first-order valence-electron chi connectivity index (χ1n) is 9.06. The molecule has 1 heterocycles. The lowest BCUT2D eigenvalue weighted by Gasteiger charge is -2.30. The smallest absolute Gasteiger partial charge is 0.169 e. The Balaban J connectivity index is 1.58. The van der Waals surface area contributed by atoms with E-state index in [9.17, 15) is 0 Å². The van der Waals surface area contributed by atoms with Gasteiger partial charge >= 0.3 is 0 Å². The van der Waals surface area contributed by atoms with E-state index in [4.69, 9.17) is 0 Å². The molecule has 0 amide bonds. The van der Waals surface area contributed by atoms with Crippen LogP contribution in [-0.4, -0.2) is 17.5 Å². The molecule has 0 radical (unpaired) electrons. The minimum Gasteiger partial charge on any atom is -0.203 e. The normalized spacial score (nSPS) is 22.2. The van der Waals surface area contributed by atoms with Gasteiger partial charge in [0.25, 0.3) is 0 Å². The molecule has 116 valence electrons. The summed E-state index contributed by atoms with van der Waals surface area (Å²) in [5, 5.41) is 0. The molecule has 0 saturated heterocycles. The molecule has 0 aliphatic heterocycles. The number of rotatable bonds is 6. The van der Waals surface area contributed by atoms with Crippen molar-refractivity contribution in [1.29, 1.82) is 0 Å². The summed E-state index contributed by atoms with van der Waals surface area (Å²) < 4.78 is 2.40. The van der Waals surface area contributed by atoms with Crippen molar-refractivity contribution in [3.63, 3.8) is 0 Å². The lowest BCUT2D eigenvalue weighted by molar-refractivity contribution is -0.719. The molecular formula is C19H31NP+. The molecule has 0 N–H and O–H groups in total. The Kier molecular flexibility index (Phi) is 5.69. The molecule has 1 nitrogen and oxygen atoms in total. The minimum absolute atomic E-state index is 0.301. The molecule has 1 aromatic heterocycles. The van der Waals surface area contributed by atoms with E-state index < -0.39 is 0 Å². The monoisotopic (exact) mass is 304 g/mol. The highest BCUT2D eigenvalue weighted by Gasteiger charge is 2.33. The Morgan fingerprint density at radius 2 is 1.43 bits per heavy atom. The average molecular weight is 304 g/mol. The van der Waals surface area contributed by atoms with Gasteiger partial charge in [0.2, 0.25) is 0 Å². The van der Waals surface area contributed by atoms with Crippen LogP contribution in [0.4, 0.5) is 0 Å². The van der Waals surface area contributed by atoms with E-state index in [1.165, 1.54) is 38.3 Å². The maximum absolute atomic E-state index is 2.40. The van der Waals surface area contributed by atoms with Crippen LogP contribution in [0.2, 0.25) is 0 Å². The summed E-state index contributed by atoms with van der Waals surface area (Å²) in [7, 11) is 0.301. The van der Waals surface area contributed by atoms with Gasteiger partial charge in [-0.15, -0.1) is 7.92 Å². The largest absolute Gasteiger partial charge is 0.203 e. The van der Waals surface area contributed by atoms with Crippen molar-refractivity contribution < 1.29 is 4.57 Å². The number of hydrogen-bond donors (Lipinski definition) is 0. The van der Waals surface area contributed by atoms with Gasteiger partial charge < -0.3 is 0 Å². The van der Waals surface area contributed by atoms with Crippen LogP contribution in [0.25, 0.3) is 0 Å². The van der Waals surface area contributed by atoms with E-state index in [0.29, 0.717) is 14.0 Å². The second-order valence-electron chi connectivity index (χ2n) is 7.07. The SMILES string of the molecule is CC(CCP(C1CCCC1)C1CCCC1)[n+]1ccccc1. The van der Waals surface area contributed by atoms with Crippen molar-refractivity contribution >= 4 is 7.92 Å². The lowest BCUT2D eigenvalue weighted by atomic mass is 10.2. The summed E-state index contributed by atoms with van der Waals surface area (Å²) in [5.74, 6) is 0. The second kappa shape index (κ2) is 7.73. The number of hydrogen-bond acceptors (Lipinski definition) is 0. The highest BCUT2D eigenvalue weighted by molar-refractivity contribution is 7.59. The number of aromatic nitrogens is 1. The molecule has 2 heteroatoms. The molecular weight excluding hydrogens is 273 g/mol. The van der Waals surface area contributed by atoms with Crippen LogP contribution in [0.5, 0.6) is 0 Å². The van der Waals surface area contributed by atoms with Crippen molar-refractivity contribution in [3.8, 4) is 0 Å². The fraction of sp³-hybridized carbons (Fsp3) is 0.737. The molecule has 2 saturated carbocycles. The molecule has 0 bridgehead atoms. The summed E-state index contributed by atoms with van der Waals surface area (Å²) in [4.78, 5) is 0. The molecule has 1 atom stereocenters. The molecule has 0 aromatic carbocycles. The molecule has 2 aliphatic carbocycles. The summed E-state index contributed by atoms with van der Waals surface area (Å²) in [6.45, 7) is 2.40. The van der Waals surface area contributed by atoms with Gasteiger partial charge in [-0.05, 0) is 50.1 Å². The van der Waals surface area contributed by atoms with Crippen molar-refractivity contribution in [2.45, 2.75) is 82.1 Å². The fourth-order valence-electron chi connectivity index (χ4n) is 4.33. The van der Waals surface area contributed by atoms with Crippen molar-refractivity contribution in [1.82, 2.24) is 0 Å². The van der Waals surface area contributed by atoms with Crippen LogP contribution in [-0.2, 0) is 0 Å². The van der Waals surface area contributed by atoms with Crippen molar-refractivity contribution in [2.75, 3.05) is 6.16 Å². The van der Waals surface area contributed by atoms with Gasteiger partial charge in [-0.2, -0.15) is 0 Å². The highest BCUT2D eigenvalue weighted by Crippen LogP contribution is 2.57. The summed E-state index contributed by atoms with van der Waals surface area (Å²) in [6.07, 6.45) is 19.6. The van der Waals surface area contributed by atoms with Crippen LogP contribution in [0.15, 0.2) is 30.6 Å². The van der Waals surface area contributed by atoms with Crippen molar-refractivity contribution in [3.05, 3.63) is 30.6 Å². The summed E-state index contributed by atoms with van der Waals surface area (Å²) in [6, 6.07) is 7.10. The summed E-state index contributed by atoms with van der Waals surface area (Å²) in [5.41, 5.74) is 2.24. The van der Waals surface area contributed by atoms with Crippen molar-refractivity contribution in [2.24, 2.45) is 0 Å². The Morgan fingerprint density at radius 3 is 1.95 bits per heavy atom. The molecule has 1 unspecified atom stereocenters. The first-order valence-corrected chi connectivity index (χ1v) is 10.7. The number of pyridine rings is 1. The zero-order chi connectivity index (χ0) is 14.5. The standard InChI is InChI=1S/C19H31NP/c1-17(20-14-7-2-8-15-20)13-16-21(18-9-3-4-10-18)19-11-5-6-12-19/h2,7-8,14-15,17-19H,3-6,9-13,16H2,1H3/q+1. The second-order valence-corrected chi connectivity index (χ2v) is 10.0. The van der Waals surface area contributed by atoms with Crippen LogP contribution in [0, 0.1) is 0 Å². The molecule has 2 fully saturated rings. The van der Waals surface area contributed by atoms with E-state index >= 15 is 0 Å². The van der Waals surface area contributed by atoms with E-state index in [-0.39, 0.29) is 0 Å². The Hall–Kier alpha value is -0.420. The van der Waals surface area contributed by atoms with E-state index in [0.717, 1.165) is 11.3 Å². The maximum Gasteiger partial charge on any atom is 0.169 e. The Labute approximate surface area is 131 Å². The average Bonchev–Trinajstić information content (AvgIpc) is 3.22. The van der Waals surface area contributed by atoms with Gasteiger partial charge in [0, 0.05) is 18.6 Å². The maximum atomic E-state index is 2.40. The Morgan fingerprint density at radius 1 is 0.905 bits per heavy atom. The van der Waals surface area contributed by atoms with E-state index in [1.54, 1.807) is 25.7 Å². The third-order valence-electron chi connectivity index (χ3n) is 5.64. The van der Waals surface area contributed by atoms with Gasteiger partial charge in [0.05, 0.1) is 0 Å². The van der Waals surface area contributed by atoms with E-state index in [2.05, 4.69) is 42.1 Å². The third kappa shape index (κ3) is 4.07. The number of nitrogens with zero attached hydrogens (tertiary/aromatic N) is 1. The van der Waals surface area contributed by atoms with Crippen LogP contribution in [0.1, 0.15) is 70.8 Å². The van der Waals surface area contributed by atoms with Gasteiger partial charge in [0.15, 0.2) is 18.4 Å². The highest BCUT2D eigenvalue weighted by atomic mass is 31.1. The molecule has 1 aromatic rings. The molecule has 3 rings (SSSR count). The van der Waals surface area contributed by atoms with Crippen LogP contribution < -0.4 is 4.57 Å². The quantitative estimate of drug-likeness (QED) is 0.496. The van der Waals surface area contributed by atoms with Crippen LogP contribution in [0.3, 0.4) is 0 Å². The lowest BCUT2D eigenvalue weighted by Crippen LogP contribution is -2.37. The third-order valence-corrected chi connectivity index (χ3v) is 9.32. The topological polar surface area (TPSA) is 3.88 Å². The zero-order valence-electron chi connectivity index (χ0n) is 13.6. The summed E-state index contributed by atoms with van der Waals surface area (Å²) >= 11 is 0. The molecule has 2 aliphatic rings. The van der Waals surface area contributed by atoms with Gasteiger partial charge in [-0.3, -0.25) is 0 Å². The van der Waals surface area contributed by atoms with Crippen LogP contribution >= 0.6 is 7.92 Å². The Bertz CT molecular complexity index is 391. The molecule has 21 heavy (non-hydrogen) atoms. The van der Waals surface area contributed by atoms with Gasteiger partial charge in [-0.1, -0.05) is 31.7 Å². The van der Waals surface area contributed by atoms with Gasteiger partial charge in [0.1, 0.15) is 0 Å². The van der Waals surface area contributed by atoms with E-state index in [1.807, 2.05) is 0 Å². The first kappa shape index (κ1) is 15.5. The fourth-order valence-corrected chi connectivity index (χ4v) is 8.38. The predicted molar refractivity (Wildman–Crippen MR) is 92.3 cm³/mol. The van der Waals surface area contributed by atoms with Gasteiger partial charge in [-0.25, -0.2) is 4.57 Å². The first-order chi connectivity index (χ1) is 10.3. The minimum atomic E-state index is 0.301.